The van der Waals surface area contributed by atoms with Gasteiger partial charge in [0.25, 0.3) is 0 Å². The average molecular weight is 224 g/mol. The van der Waals surface area contributed by atoms with Gasteiger partial charge < -0.3 is 4.74 Å². The van der Waals surface area contributed by atoms with E-state index in [4.69, 9.17) is 10.00 Å². The minimum absolute atomic E-state index is 0.558. The van der Waals surface area contributed by atoms with Gasteiger partial charge in [-0.3, -0.25) is 4.98 Å². The fourth-order valence-electron chi connectivity index (χ4n) is 1.58. The third-order valence-electron chi connectivity index (χ3n) is 2.36. The Hall–Kier alpha value is -2.34. The van der Waals surface area contributed by atoms with Crippen LogP contribution in [0.25, 0.3) is 11.3 Å². The molecule has 2 rings (SSSR count). The van der Waals surface area contributed by atoms with Gasteiger partial charge in [0.05, 0.1) is 17.9 Å². The molecule has 0 N–H and O–H groups in total. The van der Waals surface area contributed by atoms with Crippen LogP contribution < -0.4 is 4.74 Å². The number of rotatable bonds is 3. The smallest absolute Gasteiger partial charge is 0.128 e. The molecule has 0 spiro atoms. The van der Waals surface area contributed by atoms with E-state index in [0.29, 0.717) is 12.2 Å². The normalized spacial score (nSPS) is 9.65. The molecule has 0 radical (unpaired) electrons. The van der Waals surface area contributed by atoms with Crippen molar-refractivity contribution in [2.45, 2.75) is 6.92 Å². The topological polar surface area (TPSA) is 45.9 Å². The highest BCUT2D eigenvalue weighted by Gasteiger charge is 2.06. The van der Waals surface area contributed by atoms with Gasteiger partial charge in [0.15, 0.2) is 0 Å². The van der Waals surface area contributed by atoms with E-state index >= 15 is 0 Å². The predicted molar refractivity (Wildman–Crippen MR) is 65.6 cm³/mol. The lowest BCUT2D eigenvalue weighted by Gasteiger charge is -2.09. The van der Waals surface area contributed by atoms with Crippen LogP contribution in [0.2, 0.25) is 0 Å². The molecule has 17 heavy (non-hydrogen) atoms. The lowest BCUT2D eigenvalue weighted by molar-refractivity contribution is 0.341. The second kappa shape index (κ2) is 5.13. The summed E-state index contributed by atoms with van der Waals surface area (Å²) in [4.78, 5) is 4.26. The van der Waals surface area contributed by atoms with Gasteiger partial charge in [-0.15, -0.1) is 0 Å². The van der Waals surface area contributed by atoms with Crippen molar-refractivity contribution in [1.29, 1.82) is 5.26 Å². The van der Waals surface area contributed by atoms with Gasteiger partial charge in [-0.05, 0) is 31.2 Å². The minimum Gasteiger partial charge on any atom is -0.493 e. The second-order valence-corrected chi connectivity index (χ2v) is 3.47. The van der Waals surface area contributed by atoms with E-state index in [9.17, 15) is 0 Å². The number of para-hydroxylation sites is 1. The van der Waals surface area contributed by atoms with E-state index in [1.54, 1.807) is 12.3 Å². The molecule has 1 aromatic heterocycles. The summed E-state index contributed by atoms with van der Waals surface area (Å²) in [5, 5.41) is 8.72. The summed E-state index contributed by atoms with van der Waals surface area (Å²) in [6, 6.07) is 13.4. The molecule has 0 saturated heterocycles. The van der Waals surface area contributed by atoms with Gasteiger partial charge in [-0.2, -0.15) is 5.26 Å². The van der Waals surface area contributed by atoms with Crippen LogP contribution in [0.3, 0.4) is 0 Å². The average Bonchev–Trinajstić information content (AvgIpc) is 2.40. The third-order valence-corrected chi connectivity index (χ3v) is 2.36. The summed E-state index contributed by atoms with van der Waals surface area (Å²) in [6.45, 7) is 2.57. The van der Waals surface area contributed by atoms with Gasteiger partial charge in [-0.1, -0.05) is 12.1 Å². The number of ether oxygens (including phenoxy) is 1. The van der Waals surface area contributed by atoms with Crippen molar-refractivity contribution in [2.24, 2.45) is 0 Å². The zero-order chi connectivity index (χ0) is 12.1. The van der Waals surface area contributed by atoms with Gasteiger partial charge in [0.2, 0.25) is 0 Å². The molecule has 1 aromatic carbocycles. The molecule has 0 bridgehead atoms. The fraction of sp³-hybridized carbons (Fsp3) is 0.143. The van der Waals surface area contributed by atoms with E-state index < -0.39 is 0 Å². The number of benzene rings is 1. The van der Waals surface area contributed by atoms with Crippen LogP contribution in [-0.4, -0.2) is 11.6 Å². The molecule has 1 heterocycles. The first-order valence-corrected chi connectivity index (χ1v) is 5.43. The lowest BCUT2D eigenvalue weighted by Crippen LogP contribution is -1.94. The fourth-order valence-corrected chi connectivity index (χ4v) is 1.58. The lowest BCUT2D eigenvalue weighted by atomic mass is 10.1. The van der Waals surface area contributed by atoms with Gasteiger partial charge in [0.1, 0.15) is 11.8 Å². The van der Waals surface area contributed by atoms with Crippen molar-refractivity contribution in [3.63, 3.8) is 0 Å². The summed E-state index contributed by atoms with van der Waals surface area (Å²) >= 11 is 0. The number of nitrogens with zero attached hydrogens (tertiary/aromatic N) is 2. The standard InChI is InChI=1S/C14H12N2O/c1-2-17-14-6-4-3-5-12(14)13-8-7-11(9-15)10-16-13/h3-8,10H,2H2,1H3. The van der Waals surface area contributed by atoms with Gasteiger partial charge in [0, 0.05) is 11.8 Å². The molecule has 84 valence electrons. The summed E-state index contributed by atoms with van der Waals surface area (Å²) < 4.78 is 5.54. The molecule has 0 aliphatic heterocycles. The summed E-state index contributed by atoms with van der Waals surface area (Å²) in [5.74, 6) is 0.812. The molecule has 0 fully saturated rings. The number of aromatic nitrogens is 1. The molecular formula is C14H12N2O. The Labute approximate surface area is 100 Å². The van der Waals surface area contributed by atoms with Crippen LogP contribution in [0, 0.1) is 11.3 Å². The minimum atomic E-state index is 0.558. The molecule has 0 aliphatic carbocycles. The molecule has 0 aliphatic rings. The number of hydrogen-bond acceptors (Lipinski definition) is 3. The van der Waals surface area contributed by atoms with Crippen molar-refractivity contribution in [2.75, 3.05) is 6.61 Å². The predicted octanol–water partition coefficient (Wildman–Crippen LogP) is 3.02. The highest BCUT2D eigenvalue weighted by atomic mass is 16.5. The van der Waals surface area contributed by atoms with Crippen molar-refractivity contribution < 1.29 is 4.74 Å². The molecule has 0 unspecified atom stereocenters. The Balaban J connectivity index is 2.41. The van der Waals surface area contributed by atoms with E-state index in [1.165, 1.54) is 0 Å². The van der Waals surface area contributed by atoms with Crippen LogP contribution >= 0.6 is 0 Å². The molecule has 3 nitrogen and oxygen atoms in total. The van der Waals surface area contributed by atoms with Crippen molar-refractivity contribution in [3.8, 4) is 23.1 Å². The highest BCUT2D eigenvalue weighted by molar-refractivity contribution is 5.67. The second-order valence-electron chi connectivity index (χ2n) is 3.47. The monoisotopic (exact) mass is 224 g/mol. The van der Waals surface area contributed by atoms with Gasteiger partial charge in [-0.25, -0.2) is 0 Å². The van der Waals surface area contributed by atoms with E-state index in [1.807, 2.05) is 37.3 Å². The van der Waals surface area contributed by atoms with Crippen LogP contribution in [0.15, 0.2) is 42.6 Å². The Morgan fingerprint density at radius 1 is 1.24 bits per heavy atom. The number of pyridine rings is 1. The van der Waals surface area contributed by atoms with E-state index in [-0.39, 0.29) is 0 Å². The third kappa shape index (κ3) is 2.43. The summed E-state index contributed by atoms with van der Waals surface area (Å²) in [5.41, 5.74) is 2.31. The van der Waals surface area contributed by atoms with Crippen LogP contribution in [0.1, 0.15) is 12.5 Å². The maximum atomic E-state index is 8.72. The van der Waals surface area contributed by atoms with Crippen LogP contribution in [0.5, 0.6) is 5.75 Å². The Morgan fingerprint density at radius 2 is 2.06 bits per heavy atom. The van der Waals surface area contributed by atoms with Gasteiger partial charge >= 0.3 is 0 Å². The first kappa shape index (κ1) is 11.2. The van der Waals surface area contributed by atoms with Crippen molar-refractivity contribution in [3.05, 3.63) is 48.2 Å². The van der Waals surface area contributed by atoms with Crippen LogP contribution in [0.4, 0.5) is 0 Å². The molecule has 0 saturated carbocycles. The molecule has 2 aromatic rings. The zero-order valence-electron chi connectivity index (χ0n) is 9.55. The molecular weight excluding hydrogens is 212 g/mol. The quantitative estimate of drug-likeness (QED) is 0.805. The maximum Gasteiger partial charge on any atom is 0.128 e. The van der Waals surface area contributed by atoms with Crippen LogP contribution in [-0.2, 0) is 0 Å². The Kier molecular flexibility index (Phi) is 3.37. The number of hydrogen-bond donors (Lipinski definition) is 0. The maximum absolute atomic E-state index is 8.72. The van der Waals surface area contributed by atoms with Crippen molar-refractivity contribution >= 4 is 0 Å². The van der Waals surface area contributed by atoms with Crippen molar-refractivity contribution in [1.82, 2.24) is 4.98 Å². The molecule has 3 heteroatoms. The zero-order valence-corrected chi connectivity index (χ0v) is 9.55. The Morgan fingerprint density at radius 3 is 2.71 bits per heavy atom. The molecule has 0 amide bonds. The SMILES string of the molecule is CCOc1ccccc1-c1ccc(C#N)cn1. The molecule has 0 atom stereocenters. The first-order chi connectivity index (χ1) is 8.35. The number of nitriles is 1. The Bertz CT molecular complexity index is 541. The highest BCUT2D eigenvalue weighted by Crippen LogP contribution is 2.28. The summed E-state index contributed by atoms with van der Waals surface area (Å²) in [6.07, 6.45) is 1.57. The van der Waals surface area contributed by atoms with E-state index in [0.717, 1.165) is 17.0 Å². The van der Waals surface area contributed by atoms with E-state index in [2.05, 4.69) is 11.1 Å². The summed E-state index contributed by atoms with van der Waals surface area (Å²) in [7, 11) is 0. The largest absolute Gasteiger partial charge is 0.493 e. The first-order valence-electron chi connectivity index (χ1n) is 5.43.